The largest absolute Gasteiger partial charge is 0.354 e. The highest BCUT2D eigenvalue weighted by molar-refractivity contribution is 7.14. The topological polar surface area (TPSA) is 24.9 Å². The van der Waals surface area contributed by atoms with Crippen molar-refractivity contribution in [3.63, 3.8) is 0 Å². The van der Waals surface area contributed by atoms with Crippen molar-refractivity contribution in [3.05, 3.63) is 66.1 Å². The summed E-state index contributed by atoms with van der Waals surface area (Å²) < 4.78 is 13.2. The molecular formula is C15H11FN2S. The molecule has 19 heavy (non-hydrogen) atoms. The van der Waals surface area contributed by atoms with Crippen LogP contribution in [0.2, 0.25) is 0 Å². The molecule has 0 unspecified atom stereocenters. The third kappa shape index (κ3) is 2.80. The zero-order chi connectivity index (χ0) is 13.1. The van der Waals surface area contributed by atoms with E-state index in [-0.39, 0.29) is 5.82 Å². The summed E-state index contributed by atoms with van der Waals surface area (Å²) in [4.78, 5) is 5.08. The SMILES string of the molecule is Fc1cccc(-c2cc(Nc3cccnc3)cs2)c1. The first kappa shape index (κ1) is 11.9. The van der Waals surface area contributed by atoms with Crippen molar-refractivity contribution >= 4 is 22.7 Å². The molecule has 0 amide bonds. The first-order valence-electron chi connectivity index (χ1n) is 5.83. The molecule has 0 saturated heterocycles. The van der Waals surface area contributed by atoms with Crippen LogP contribution in [0.4, 0.5) is 15.8 Å². The van der Waals surface area contributed by atoms with Gasteiger partial charge in [0.25, 0.3) is 0 Å². The Hall–Kier alpha value is -2.20. The molecule has 1 aromatic carbocycles. The lowest BCUT2D eigenvalue weighted by atomic mass is 10.2. The van der Waals surface area contributed by atoms with Crippen molar-refractivity contribution in [2.24, 2.45) is 0 Å². The zero-order valence-corrected chi connectivity index (χ0v) is 10.8. The summed E-state index contributed by atoms with van der Waals surface area (Å²) in [5.74, 6) is -0.215. The number of halogens is 1. The smallest absolute Gasteiger partial charge is 0.123 e. The van der Waals surface area contributed by atoms with Crippen molar-refractivity contribution in [1.82, 2.24) is 4.98 Å². The molecule has 2 nitrogen and oxygen atoms in total. The lowest BCUT2D eigenvalue weighted by Crippen LogP contribution is -1.87. The molecule has 0 radical (unpaired) electrons. The van der Waals surface area contributed by atoms with Crippen LogP contribution >= 0.6 is 11.3 Å². The highest BCUT2D eigenvalue weighted by Crippen LogP contribution is 2.31. The summed E-state index contributed by atoms with van der Waals surface area (Å²) in [6.45, 7) is 0. The summed E-state index contributed by atoms with van der Waals surface area (Å²) in [7, 11) is 0. The first-order valence-corrected chi connectivity index (χ1v) is 6.71. The van der Waals surface area contributed by atoms with Crippen LogP contribution in [0, 0.1) is 5.82 Å². The minimum atomic E-state index is -0.215. The third-order valence-corrected chi connectivity index (χ3v) is 3.64. The molecule has 0 atom stereocenters. The zero-order valence-electron chi connectivity index (χ0n) is 10.0. The Bertz CT molecular complexity index is 679. The van der Waals surface area contributed by atoms with Gasteiger partial charge < -0.3 is 5.32 Å². The van der Waals surface area contributed by atoms with Gasteiger partial charge in [0.1, 0.15) is 5.82 Å². The standard InChI is InChI=1S/C15H11FN2S/c16-12-4-1-3-11(7-12)15-8-14(10-19-15)18-13-5-2-6-17-9-13/h1-10,18H. The molecule has 1 N–H and O–H groups in total. The molecule has 0 saturated carbocycles. The van der Waals surface area contributed by atoms with E-state index in [1.807, 2.05) is 29.6 Å². The van der Waals surface area contributed by atoms with Crippen LogP contribution in [0.15, 0.2) is 60.2 Å². The Morgan fingerprint density at radius 2 is 2.00 bits per heavy atom. The average Bonchev–Trinajstić information content (AvgIpc) is 2.88. The van der Waals surface area contributed by atoms with Gasteiger partial charge >= 0.3 is 0 Å². The second-order valence-corrected chi connectivity index (χ2v) is 4.99. The lowest BCUT2D eigenvalue weighted by Gasteiger charge is -2.01. The minimum absolute atomic E-state index is 0.215. The highest BCUT2D eigenvalue weighted by Gasteiger charge is 2.04. The van der Waals surface area contributed by atoms with Gasteiger partial charge in [-0.1, -0.05) is 12.1 Å². The van der Waals surface area contributed by atoms with E-state index in [9.17, 15) is 4.39 Å². The van der Waals surface area contributed by atoms with Crippen LogP contribution in [-0.4, -0.2) is 4.98 Å². The van der Waals surface area contributed by atoms with E-state index in [1.165, 1.54) is 6.07 Å². The minimum Gasteiger partial charge on any atom is -0.354 e. The number of rotatable bonds is 3. The van der Waals surface area contributed by atoms with Crippen LogP contribution in [-0.2, 0) is 0 Å². The van der Waals surface area contributed by atoms with E-state index < -0.39 is 0 Å². The molecule has 0 spiro atoms. The summed E-state index contributed by atoms with van der Waals surface area (Å²) in [6, 6.07) is 12.5. The van der Waals surface area contributed by atoms with Gasteiger partial charge in [-0.05, 0) is 35.9 Å². The fourth-order valence-corrected chi connectivity index (χ4v) is 2.64. The molecular weight excluding hydrogens is 259 g/mol. The van der Waals surface area contributed by atoms with E-state index in [1.54, 1.807) is 35.9 Å². The number of anilines is 2. The summed E-state index contributed by atoms with van der Waals surface area (Å²) >= 11 is 1.58. The van der Waals surface area contributed by atoms with E-state index in [4.69, 9.17) is 0 Å². The second-order valence-electron chi connectivity index (χ2n) is 4.08. The summed E-state index contributed by atoms with van der Waals surface area (Å²) in [5, 5.41) is 5.27. The Kier molecular flexibility index (Phi) is 3.25. The molecule has 0 bridgehead atoms. The first-order chi connectivity index (χ1) is 9.31. The fourth-order valence-electron chi connectivity index (χ4n) is 1.80. The molecule has 4 heteroatoms. The molecule has 0 aliphatic rings. The van der Waals surface area contributed by atoms with Gasteiger partial charge in [-0.25, -0.2) is 4.39 Å². The number of thiophene rings is 1. The molecule has 94 valence electrons. The average molecular weight is 270 g/mol. The fraction of sp³-hybridized carbons (Fsp3) is 0. The van der Waals surface area contributed by atoms with E-state index in [0.29, 0.717) is 0 Å². The van der Waals surface area contributed by atoms with Gasteiger partial charge in [0.15, 0.2) is 0 Å². The Morgan fingerprint density at radius 3 is 2.79 bits per heavy atom. The van der Waals surface area contributed by atoms with Crippen molar-refractivity contribution in [3.8, 4) is 10.4 Å². The molecule has 3 aromatic rings. The number of hydrogen-bond donors (Lipinski definition) is 1. The van der Waals surface area contributed by atoms with Gasteiger partial charge in [-0.3, -0.25) is 4.98 Å². The highest BCUT2D eigenvalue weighted by atomic mass is 32.1. The van der Waals surface area contributed by atoms with Crippen LogP contribution < -0.4 is 5.32 Å². The maximum Gasteiger partial charge on any atom is 0.123 e. The number of pyridine rings is 1. The van der Waals surface area contributed by atoms with Gasteiger partial charge in [-0.15, -0.1) is 11.3 Å². The van der Waals surface area contributed by atoms with Crippen LogP contribution in [0.3, 0.4) is 0 Å². The molecule has 3 rings (SSSR count). The predicted octanol–water partition coefficient (Wildman–Crippen LogP) is 4.69. The second kappa shape index (κ2) is 5.20. The normalized spacial score (nSPS) is 10.4. The van der Waals surface area contributed by atoms with E-state index in [2.05, 4.69) is 10.3 Å². The van der Waals surface area contributed by atoms with Gasteiger partial charge in [0, 0.05) is 22.1 Å². The number of hydrogen-bond acceptors (Lipinski definition) is 3. The van der Waals surface area contributed by atoms with E-state index in [0.717, 1.165) is 21.8 Å². The summed E-state index contributed by atoms with van der Waals surface area (Å²) in [6.07, 6.45) is 3.50. The van der Waals surface area contributed by atoms with Crippen molar-refractivity contribution in [2.75, 3.05) is 5.32 Å². The number of benzene rings is 1. The monoisotopic (exact) mass is 270 g/mol. The number of nitrogens with one attached hydrogen (secondary N) is 1. The molecule has 2 aromatic heterocycles. The van der Waals surface area contributed by atoms with Crippen molar-refractivity contribution in [1.29, 1.82) is 0 Å². The van der Waals surface area contributed by atoms with Crippen LogP contribution in [0.25, 0.3) is 10.4 Å². The molecule has 0 fully saturated rings. The van der Waals surface area contributed by atoms with Gasteiger partial charge in [-0.2, -0.15) is 0 Å². The Labute approximate surface area is 114 Å². The number of nitrogens with zero attached hydrogens (tertiary/aromatic N) is 1. The van der Waals surface area contributed by atoms with Crippen LogP contribution in [0.5, 0.6) is 0 Å². The number of aromatic nitrogens is 1. The molecule has 2 heterocycles. The Balaban J connectivity index is 1.84. The molecule has 0 aliphatic heterocycles. The molecule has 0 aliphatic carbocycles. The van der Waals surface area contributed by atoms with Gasteiger partial charge in [0.2, 0.25) is 0 Å². The van der Waals surface area contributed by atoms with Crippen molar-refractivity contribution < 1.29 is 4.39 Å². The maximum absolute atomic E-state index is 13.2. The predicted molar refractivity (Wildman–Crippen MR) is 77.2 cm³/mol. The Morgan fingerprint density at radius 1 is 1.05 bits per heavy atom. The quantitative estimate of drug-likeness (QED) is 0.746. The van der Waals surface area contributed by atoms with E-state index >= 15 is 0 Å². The summed E-state index contributed by atoms with van der Waals surface area (Å²) in [5.41, 5.74) is 2.81. The van der Waals surface area contributed by atoms with Crippen LogP contribution in [0.1, 0.15) is 0 Å². The lowest BCUT2D eigenvalue weighted by molar-refractivity contribution is 0.628. The van der Waals surface area contributed by atoms with Gasteiger partial charge in [0.05, 0.1) is 11.9 Å². The van der Waals surface area contributed by atoms with Crippen molar-refractivity contribution in [2.45, 2.75) is 0 Å². The maximum atomic E-state index is 13.2. The third-order valence-electron chi connectivity index (χ3n) is 2.66.